The van der Waals surface area contributed by atoms with E-state index in [4.69, 9.17) is 12.2 Å². The van der Waals surface area contributed by atoms with Gasteiger partial charge in [-0.05, 0) is 62.8 Å². The van der Waals surface area contributed by atoms with Gasteiger partial charge >= 0.3 is 0 Å². The molecule has 0 aliphatic carbocycles. The number of hydrogen-bond donors (Lipinski definition) is 3. The van der Waals surface area contributed by atoms with Crippen LogP contribution in [0.2, 0.25) is 0 Å². The van der Waals surface area contributed by atoms with Gasteiger partial charge in [0, 0.05) is 5.56 Å². The van der Waals surface area contributed by atoms with Gasteiger partial charge in [-0.3, -0.25) is 10.1 Å². The Balaban J connectivity index is 2.08. The molecule has 2 rings (SSSR count). The lowest BCUT2D eigenvalue weighted by molar-refractivity contribution is 0.0977. The Bertz CT molecular complexity index is 721. The van der Waals surface area contributed by atoms with Crippen molar-refractivity contribution in [3.05, 3.63) is 58.7 Å². The van der Waals surface area contributed by atoms with Crippen molar-refractivity contribution >= 4 is 28.9 Å². The van der Waals surface area contributed by atoms with E-state index in [9.17, 15) is 9.90 Å². The zero-order valence-corrected chi connectivity index (χ0v) is 13.5. The number of carbonyl (C=O) groups excluding carboxylic acids is 1. The summed E-state index contributed by atoms with van der Waals surface area (Å²) in [6.07, 6.45) is 0. The van der Waals surface area contributed by atoms with E-state index in [2.05, 4.69) is 10.6 Å². The first kappa shape index (κ1) is 16.0. The Hall–Kier alpha value is -2.40. The Kier molecular flexibility index (Phi) is 4.78. The maximum atomic E-state index is 12.2. The zero-order valence-electron chi connectivity index (χ0n) is 12.7. The molecule has 0 saturated heterocycles. The number of phenolic OH excluding ortho intramolecular Hbond substituents is 1. The fraction of sp³-hybridized carbons (Fsp3) is 0.176. The number of carbonyl (C=O) groups is 1. The van der Waals surface area contributed by atoms with E-state index in [0.717, 1.165) is 16.7 Å². The van der Waals surface area contributed by atoms with Gasteiger partial charge in [0.2, 0.25) is 0 Å². The SMILES string of the molecule is Cc1cc(C)cc(C(=O)NC(=S)Nc2cc(C)ccc2O)c1. The molecule has 0 atom stereocenters. The summed E-state index contributed by atoms with van der Waals surface area (Å²) in [5.41, 5.74) is 4.02. The van der Waals surface area contributed by atoms with Crippen molar-refractivity contribution in [3.63, 3.8) is 0 Å². The molecule has 0 saturated carbocycles. The number of amides is 1. The summed E-state index contributed by atoms with van der Waals surface area (Å²) in [7, 11) is 0. The number of anilines is 1. The second-order valence-corrected chi connectivity index (χ2v) is 5.71. The van der Waals surface area contributed by atoms with E-state index >= 15 is 0 Å². The van der Waals surface area contributed by atoms with Gasteiger partial charge < -0.3 is 10.4 Å². The monoisotopic (exact) mass is 314 g/mol. The van der Waals surface area contributed by atoms with Crippen LogP contribution in [0, 0.1) is 20.8 Å². The van der Waals surface area contributed by atoms with Crippen LogP contribution < -0.4 is 10.6 Å². The number of thiocarbonyl (C=S) groups is 1. The molecular weight excluding hydrogens is 296 g/mol. The number of aryl methyl sites for hydroxylation is 3. The fourth-order valence-corrected chi connectivity index (χ4v) is 2.39. The Morgan fingerprint density at radius 2 is 1.64 bits per heavy atom. The topological polar surface area (TPSA) is 61.4 Å². The van der Waals surface area contributed by atoms with Crippen LogP contribution in [-0.2, 0) is 0 Å². The van der Waals surface area contributed by atoms with Crippen molar-refractivity contribution in [1.82, 2.24) is 5.32 Å². The molecule has 2 aromatic carbocycles. The molecule has 1 amide bonds. The number of nitrogens with one attached hydrogen (secondary N) is 2. The predicted molar refractivity (Wildman–Crippen MR) is 92.4 cm³/mol. The number of hydrogen-bond acceptors (Lipinski definition) is 3. The van der Waals surface area contributed by atoms with Crippen LogP contribution in [0.1, 0.15) is 27.0 Å². The van der Waals surface area contributed by atoms with Crippen molar-refractivity contribution < 1.29 is 9.90 Å². The lowest BCUT2D eigenvalue weighted by Crippen LogP contribution is -2.34. The Labute approximate surface area is 135 Å². The minimum atomic E-state index is -0.281. The maximum Gasteiger partial charge on any atom is 0.257 e. The van der Waals surface area contributed by atoms with E-state index in [1.165, 1.54) is 0 Å². The number of aromatic hydroxyl groups is 1. The highest BCUT2D eigenvalue weighted by Gasteiger charge is 2.10. The van der Waals surface area contributed by atoms with E-state index < -0.39 is 0 Å². The van der Waals surface area contributed by atoms with E-state index in [-0.39, 0.29) is 16.8 Å². The first-order chi connectivity index (χ1) is 10.3. The van der Waals surface area contributed by atoms with Crippen molar-refractivity contribution in [2.75, 3.05) is 5.32 Å². The summed E-state index contributed by atoms with van der Waals surface area (Å²) in [5, 5.41) is 15.4. The molecule has 0 spiro atoms. The zero-order chi connectivity index (χ0) is 16.3. The second kappa shape index (κ2) is 6.58. The van der Waals surface area contributed by atoms with E-state index in [1.54, 1.807) is 30.3 Å². The van der Waals surface area contributed by atoms with Gasteiger partial charge in [0.15, 0.2) is 5.11 Å². The lowest BCUT2D eigenvalue weighted by Gasteiger charge is -2.12. The van der Waals surface area contributed by atoms with Crippen LogP contribution in [0.15, 0.2) is 36.4 Å². The minimum Gasteiger partial charge on any atom is -0.506 e. The van der Waals surface area contributed by atoms with Gasteiger partial charge in [0.25, 0.3) is 5.91 Å². The third-order valence-corrected chi connectivity index (χ3v) is 3.32. The second-order valence-electron chi connectivity index (χ2n) is 5.31. The van der Waals surface area contributed by atoms with Gasteiger partial charge in [-0.25, -0.2) is 0 Å². The molecule has 3 N–H and O–H groups in total. The minimum absolute atomic E-state index is 0.0774. The standard InChI is InChI=1S/C17H18N2O2S/c1-10-4-5-15(20)14(9-10)18-17(22)19-16(21)13-7-11(2)6-12(3)8-13/h4-9,20H,1-3H3,(H2,18,19,21,22). The average Bonchev–Trinajstić information content (AvgIpc) is 2.41. The third-order valence-electron chi connectivity index (χ3n) is 3.11. The van der Waals surface area contributed by atoms with Crippen LogP contribution in [0.25, 0.3) is 0 Å². The van der Waals surface area contributed by atoms with E-state index in [1.807, 2.05) is 26.8 Å². The van der Waals surface area contributed by atoms with Crippen molar-refractivity contribution in [1.29, 1.82) is 0 Å². The van der Waals surface area contributed by atoms with Gasteiger partial charge in [-0.2, -0.15) is 0 Å². The van der Waals surface area contributed by atoms with Crippen LogP contribution in [0.4, 0.5) is 5.69 Å². The smallest absolute Gasteiger partial charge is 0.257 e. The molecule has 2 aromatic rings. The number of benzene rings is 2. The molecule has 0 unspecified atom stereocenters. The van der Waals surface area contributed by atoms with Gasteiger partial charge in [-0.1, -0.05) is 23.3 Å². The number of rotatable bonds is 2. The largest absolute Gasteiger partial charge is 0.506 e. The molecule has 22 heavy (non-hydrogen) atoms. The summed E-state index contributed by atoms with van der Waals surface area (Å²) >= 11 is 5.13. The average molecular weight is 314 g/mol. The molecular formula is C17H18N2O2S. The Morgan fingerprint density at radius 3 is 2.27 bits per heavy atom. The Morgan fingerprint density at radius 1 is 1.00 bits per heavy atom. The summed E-state index contributed by atoms with van der Waals surface area (Å²) in [6, 6.07) is 10.7. The molecule has 0 fully saturated rings. The molecule has 5 heteroatoms. The lowest BCUT2D eigenvalue weighted by atomic mass is 10.1. The van der Waals surface area contributed by atoms with Crippen LogP contribution in [-0.4, -0.2) is 16.1 Å². The molecule has 114 valence electrons. The van der Waals surface area contributed by atoms with Crippen molar-refractivity contribution in [3.8, 4) is 5.75 Å². The highest BCUT2D eigenvalue weighted by Crippen LogP contribution is 2.23. The highest BCUT2D eigenvalue weighted by molar-refractivity contribution is 7.80. The van der Waals surface area contributed by atoms with Gasteiger partial charge in [-0.15, -0.1) is 0 Å². The maximum absolute atomic E-state index is 12.2. The molecule has 0 aliphatic rings. The predicted octanol–water partition coefficient (Wildman–Crippen LogP) is 3.44. The van der Waals surface area contributed by atoms with E-state index in [0.29, 0.717) is 11.3 Å². The number of phenols is 1. The summed E-state index contributed by atoms with van der Waals surface area (Å²) in [5.74, 6) is -0.204. The molecule has 0 aromatic heterocycles. The highest BCUT2D eigenvalue weighted by atomic mass is 32.1. The first-order valence-electron chi connectivity index (χ1n) is 6.85. The molecule has 0 aliphatic heterocycles. The normalized spacial score (nSPS) is 10.1. The molecule has 0 heterocycles. The van der Waals surface area contributed by atoms with Crippen LogP contribution >= 0.6 is 12.2 Å². The summed E-state index contributed by atoms with van der Waals surface area (Å²) < 4.78 is 0. The summed E-state index contributed by atoms with van der Waals surface area (Å²) in [6.45, 7) is 5.78. The molecule has 0 radical (unpaired) electrons. The summed E-state index contributed by atoms with van der Waals surface area (Å²) in [4.78, 5) is 12.2. The molecule has 0 bridgehead atoms. The molecule has 4 nitrogen and oxygen atoms in total. The fourth-order valence-electron chi connectivity index (χ4n) is 2.18. The van der Waals surface area contributed by atoms with Crippen LogP contribution in [0.5, 0.6) is 5.75 Å². The van der Waals surface area contributed by atoms with Gasteiger partial charge in [0.1, 0.15) is 5.75 Å². The van der Waals surface area contributed by atoms with Crippen LogP contribution in [0.3, 0.4) is 0 Å². The quantitative estimate of drug-likeness (QED) is 0.587. The van der Waals surface area contributed by atoms with Crippen molar-refractivity contribution in [2.24, 2.45) is 0 Å². The first-order valence-corrected chi connectivity index (χ1v) is 7.26. The van der Waals surface area contributed by atoms with Crippen molar-refractivity contribution in [2.45, 2.75) is 20.8 Å². The third kappa shape index (κ3) is 4.05. The van der Waals surface area contributed by atoms with Gasteiger partial charge in [0.05, 0.1) is 5.69 Å².